The summed E-state index contributed by atoms with van der Waals surface area (Å²) in [6.07, 6.45) is 0.403. The van der Waals surface area contributed by atoms with Crippen LogP contribution in [0.25, 0.3) is 0 Å². The minimum Gasteiger partial charge on any atom is -0.465 e. The molecule has 0 fully saturated rings. The Hall–Kier alpha value is -1.51. The summed E-state index contributed by atoms with van der Waals surface area (Å²) in [5, 5.41) is 3.19. The molecule has 0 saturated carbocycles. The van der Waals surface area contributed by atoms with Crippen LogP contribution < -0.4 is 5.32 Å². The maximum atomic E-state index is 11.3. The van der Waals surface area contributed by atoms with E-state index < -0.39 is 0 Å². The van der Waals surface area contributed by atoms with Crippen molar-refractivity contribution >= 4 is 11.7 Å². The molecule has 0 radical (unpaired) electrons. The number of hydrogen-bond donors (Lipinski definition) is 1. The molecular formula is C14H21NO2. The van der Waals surface area contributed by atoms with E-state index in [4.69, 9.17) is 4.74 Å². The van der Waals surface area contributed by atoms with Crippen molar-refractivity contribution in [2.24, 2.45) is 5.92 Å². The number of anilines is 1. The van der Waals surface area contributed by atoms with E-state index in [1.54, 1.807) is 0 Å². The summed E-state index contributed by atoms with van der Waals surface area (Å²) >= 11 is 0. The van der Waals surface area contributed by atoms with Crippen molar-refractivity contribution in [2.75, 3.05) is 18.5 Å². The Balaban J connectivity index is 2.19. The molecule has 0 amide bonds. The zero-order chi connectivity index (χ0) is 12.7. The zero-order valence-electron chi connectivity index (χ0n) is 10.8. The van der Waals surface area contributed by atoms with Crippen molar-refractivity contribution in [1.82, 2.24) is 0 Å². The summed E-state index contributed by atoms with van der Waals surface area (Å²) in [6.45, 7) is 7.21. The molecule has 0 spiro atoms. The molecule has 1 aromatic rings. The minimum absolute atomic E-state index is 0.140. The first-order chi connectivity index (χ1) is 8.08. The van der Waals surface area contributed by atoms with Crippen molar-refractivity contribution < 1.29 is 9.53 Å². The topological polar surface area (TPSA) is 38.3 Å². The SMILES string of the molecule is Cc1ccc(NCCC(=O)OCC(C)C)cc1. The number of carbonyl (C=O) groups is 1. The Morgan fingerprint density at radius 3 is 2.53 bits per heavy atom. The molecule has 3 heteroatoms. The number of nitrogens with one attached hydrogen (secondary N) is 1. The van der Waals surface area contributed by atoms with E-state index in [-0.39, 0.29) is 5.97 Å². The second-order valence-electron chi connectivity index (χ2n) is 4.62. The lowest BCUT2D eigenvalue weighted by molar-refractivity contribution is -0.144. The maximum Gasteiger partial charge on any atom is 0.307 e. The Labute approximate surface area is 103 Å². The first-order valence-corrected chi connectivity index (χ1v) is 6.04. The molecule has 0 aliphatic heterocycles. The van der Waals surface area contributed by atoms with Crippen LogP contribution in [-0.4, -0.2) is 19.1 Å². The molecule has 1 rings (SSSR count). The fraction of sp³-hybridized carbons (Fsp3) is 0.500. The highest BCUT2D eigenvalue weighted by Crippen LogP contribution is 2.08. The summed E-state index contributed by atoms with van der Waals surface area (Å²) in [5.74, 6) is 0.252. The molecule has 1 N–H and O–H groups in total. The van der Waals surface area contributed by atoms with Gasteiger partial charge in [0.15, 0.2) is 0 Å². The molecular weight excluding hydrogens is 214 g/mol. The lowest BCUT2D eigenvalue weighted by Crippen LogP contribution is -2.14. The molecule has 0 unspecified atom stereocenters. The molecule has 3 nitrogen and oxygen atoms in total. The minimum atomic E-state index is -0.140. The molecule has 0 atom stereocenters. The maximum absolute atomic E-state index is 11.3. The van der Waals surface area contributed by atoms with Gasteiger partial charge in [-0.2, -0.15) is 0 Å². The van der Waals surface area contributed by atoms with Gasteiger partial charge >= 0.3 is 5.97 Å². The normalized spacial score (nSPS) is 10.4. The van der Waals surface area contributed by atoms with Gasteiger partial charge in [-0.05, 0) is 25.0 Å². The summed E-state index contributed by atoms with van der Waals surface area (Å²) in [5.41, 5.74) is 2.26. The number of esters is 1. The Morgan fingerprint density at radius 2 is 1.94 bits per heavy atom. The Kier molecular flexibility index (Phi) is 5.53. The van der Waals surface area contributed by atoms with Gasteiger partial charge in [0, 0.05) is 12.2 Å². The van der Waals surface area contributed by atoms with Gasteiger partial charge in [-0.25, -0.2) is 0 Å². The van der Waals surface area contributed by atoms with Crippen molar-refractivity contribution in [2.45, 2.75) is 27.2 Å². The lowest BCUT2D eigenvalue weighted by atomic mass is 10.2. The van der Waals surface area contributed by atoms with Gasteiger partial charge in [-0.3, -0.25) is 4.79 Å². The number of carbonyl (C=O) groups excluding carboxylic acids is 1. The second kappa shape index (κ2) is 6.94. The van der Waals surface area contributed by atoms with E-state index >= 15 is 0 Å². The average molecular weight is 235 g/mol. The fourth-order valence-electron chi connectivity index (χ4n) is 1.31. The number of hydrogen-bond acceptors (Lipinski definition) is 3. The van der Waals surface area contributed by atoms with E-state index in [0.29, 0.717) is 25.5 Å². The van der Waals surface area contributed by atoms with Crippen LogP contribution in [0.4, 0.5) is 5.69 Å². The van der Waals surface area contributed by atoms with Crippen molar-refractivity contribution in [3.8, 4) is 0 Å². The fourth-order valence-corrected chi connectivity index (χ4v) is 1.31. The predicted molar refractivity (Wildman–Crippen MR) is 70.1 cm³/mol. The lowest BCUT2D eigenvalue weighted by Gasteiger charge is -2.08. The van der Waals surface area contributed by atoms with E-state index in [2.05, 4.69) is 5.32 Å². The molecule has 1 aromatic carbocycles. The first-order valence-electron chi connectivity index (χ1n) is 6.04. The van der Waals surface area contributed by atoms with Gasteiger partial charge in [0.1, 0.15) is 0 Å². The van der Waals surface area contributed by atoms with Gasteiger partial charge in [0.05, 0.1) is 13.0 Å². The first kappa shape index (κ1) is 13.6. The summed E-state index contributed by atoms with van der Waals surface area (Å²) in [7, 11) is 0. The summed E-state index contributed by atoms with van der Waals surface area (Å²) < 4.78 is 5.08. The van der Waals surface area contributed by atoms with E-state index in [9.17, 15) is 4.79 Å². The van der Waals surface area contributed by atoms with Gasteiger partial charge in [0.2, 0.25) is 0 Å². The van der Waals surface area contributed by atoms with Crippen molar-refractivity contribution in [3.05, 3.63) is 29.8 Å². The van der Waals surface area contributed by atoms with Gasteiger partial charge in [0.25, 0.3) is 0 Å². The third-order valence-electron chi connectivity index (χ3n) is 2.29. The van der Waals surface area contributed by atoms with Crippen LogP contribution in [0.2, 0.25) is 0 Å². The number of aryl methyl sites for hydroxylation is 1. The largest absolute Gasteiger partial charge is 0.465 e. The molecule has 17 heavy (non-hydrogen) atoms. The highest BCUT2D eigenvalue weighted by Gasteiger charge is 2.03. The molecule has 0 aliphatic rings. The van der Waals surface area contributed by atoms with Crippen molar-refractivity contribution in [1.29, 1.82) is 0 Å². The zero-order valence-corrected chi connectivity index (χ0v) is 10.8. The van der Waals surface area contributed by atoms with Crippen LogP contribution >= 0.6 is 0 Å². The Bertz CT molecular complexity index is 344. The monoisotopic (exact) mass is 235 g/mol. The third kappa shape index (κ3) is 5.95. The van der Waals surface area contributed by atoms with Crippen LogP contribution in [0.5, 0.6) is 0 Å². The van der Waals surface area contributed by atoms with Gasteiger partial charge in [-0.1, -0.05) is 31.5 Å². The number of benzene rings is 1. The quantitative estimate of drug-likeness (QED) is 0.770. The molecule has 0 saturated heterocycles. The molecule has 0 aliphatic carbocycles. The average Bonchev–Trinajstić information content (AvgIpc) is 2.29. The van der Waals surface area contributed by atoms with Crippen LogP contribution in [0.3, 0.4) is 0 Å². The van der Waals surface area contributed by atoms with Crippen LogP contribution in [0, 0.1) is 12.8 Å². The van der Waals surface area contributed by atoms with Crippen LogP contribution in [0.15, 0.2) is 24.3 Å². The Morgan fingerprint density at radius 1 is 1.29 bits per heavy atom. The smallest absolute Gasteiger partial charge is 0.307 e. The third-order valence-corrected chi connectivity index (χ3v) is 2.29. The van der Waals surface area contributed by atoms with Crippen molar-refractivity contribution in [3.63, 3.8) is 0 Å². The van der Waals surface area contributed by atoms with Crippen LogP contribution in [-0.2, 0) is 9.53 Å². The predicted octanol–water partition coefficient (Wildman–Crippen LogP) is 3.00. The molecule has 0 aromatic heterocycles. The van der Waals surface area contributed by atoms with E-state index in [1.165, 1.54) is 5.56 Å². The van der Waals surface area contributed by atoms with Gasteiger partial charge in [-0.15, -0.1) is 0 Å². The number of ether oxygens (including phenoxy) is 1. The van der Waals surface area contributed by atoms with E-state index in [0.717, 1.165) is 5.69 Å². The summed E-state index contributed by atoms with van der Waals surface area (Å²) in [4.78, 5) is 11.3. The second-order valence-corrected chi connectivity index (χ2v) is 4.62. The van der Waals surface area contributed by atoms with E-state index in [1.807, 2.05) is 45.0 Å². The summed E-state index contributed by atoms with van der Waals surface area (Å²) in [6, 6.07) is 8.10. The molecule has 0 bridgehead atoms. The molecule has 94 valence electrons. The highest BCUT2D eigenvalue weighted by atomic mass is 16.5. The highest BCUT2D eigenvalue weighted by molar-refractivity contribution is 5.70. The molecule has 0 heterocycles. The van der Waals surface area contributed by atoms with Gasteiger partial charge < -0.3 is 10.1 Å². The standard InChI is InChI=1S/C14H21NO2/c1-11(2)10-17-14(16)8-9-15-13-6-4-12(3)5-7-13/h4-7,11,15H,8-10H2,1-3H3. The van der Waals surface area contributed by atoms with Crippen LogP contribution in [0.1, 0.15) is 25.8 Å². The number of rotatable bonds is 6.